The van der Waals surface area contributed by atoms with Gasteiger partial charge in [-0.3, -0.25) is 18.9 Å². The van der Waals surface area contributed by atoms with Crippen LogP contribution in [0.3, 0.4) is 0 Å². The zero-order valence-electron chi connectivity index (χ0n) is 19.7. The Hall–Kier alpha value is -3.56. The number of Topliss-reactive ketones (excluding diaryl/α,β-unsaturated/α-hetero) is 1. The second-order valence-electron chi connectivity index (χ2n) is 8.93. The Bertz CT molecular complexity index is 1330. The van der Waals surface area contributed by atoms with Crippen molar-refractivity contribution in [2.45, 2.75) is 19.9 Å². The van der Waals surface area contributed by atoms with Crippen LogP contribution in [0.2, 0.25) is 0 Å². The number of rotatable bonds is 5. The van der Waals surface area contributed by atoms with Crippen LogP contribution in [-0.2, 0) is 14.3 Å². The third-order valence-electron chi connectivity index (χ3n) is 6.73. The molecular formula is C26H27FN4O4. The molecule has 8 nitrogen and oxygen atoms in total. The molecule has 0 saturated carbocycles. The zero-order chi connectivity index (χ0) is 24.7. The zero-order valence-corrected chi connectivity index (χ0v) is 19.7. The Morgan fingerprint density at radius 1 is 1.11 bits per heavy atom. The molecule has 1 amide bonds. The lowest BCUT2D eigenvalue weighted by Gasteiger charge is -2.31. The highest BCUT2D eigenvalue weighted by molar-refractivity contribution is 6.46. The molecule has 4 heterocycles. The summed E-state index contributed by atoms with van der Waals surface area (Å²) in [4.78, 5) is 34.7. The molecule has 0 aliphatic carbocycles. The lowest BCUT2D eigenvalue weighted by Crippen LogP contribution is -2.42. The first kappa shape index (κ1) is 23.2. The van der Waals surface area contributed by atoms with E-state index in [9.17, 15) is 19.1 Å². The monoisotopic (exact) mass is 478 g/mol. The van der Waals surface area contributed by atoms with Crippen LogP contribution in [0.1, 0.15) is 28.6 Å². The fourth-order valence-corrected chi connectivity index (χ4v) is 4.91. The average molecular weight is 479 g/mol. The Balaban J connectivity index is 1.62. The summed E-state index contributed by atoms with van der Waals surface area (Å²) in [6, 6.07) is 8.58. The third kappa shape index (κ3) is 4.11. The van der Waals surface area contributed by atoms with Crippen molar-refractivity contribution in [2.24, 2.45) is 0 Å². The largest absolute Gasteiger partial charge is 0.505 e. The molecule has 2 aliphatic heterocycles. The molecule has 1 atom stereocenters. The van der Waals surface area contributed by atoms with Crippen molar-refractivity contribution >= 4 is 23.1 Å². The minimum atomic E-state index is -0.841. The molecule has 0 spiro atoms. The van der Waals surface area contributed by atoms with Crippen molar-refractivity contribution < 1.29 is 23.8 Å². The number of fused-ring (bicyclic) bond motifs is 1. The van der Waals surface area contributed by atoms with Crippen LogP contribution in [0.5, 0.6) is 0 Å². The molecule has 1 N–H and O–H groups in total. The number of imidazole rings is 1. The number of halogens is 1. The van der Waals surface area contributed by atoms with E-state index in [1.54, 1.807) is 29.7 Å². The Morgan fingerprint density at radius 3 is 2.54 bits per heavy atom. The first-order valence-corrected chi connectivity index (χ1v) is 11.7. The topological polar surface area (TPSA) is 87.4 Å². The normalized spacial score (nSPS) is 20.8. The maximum atomic E-state index is 13.7. The van der Waals surface area contributed by atoms with E-state index in [0.717, 1.165) is 18.7 Å². The van der Waals surface area contributed by atoms with E-state index >= 15 is 0 Å². The summed E-state index contributed by atoms with van der Waals surface area (Å²) in [5.41, 5.74) is 3.00. The fraction of sp³-hybridized carbons (Fsp3) is 0.346. The summed E-state index contributed by atoms with van der Waals surface area (Å²) in [6.45, 7) is 7.23. The number of carbonyl (C=O) groups excluding carboxylic acids is 2. The van der Waals surface area contributed by atoms with Crippen LogP contribution in [0.4, 0.5) is 4.39 Å². The van der Waals surface area contributed by atoms with Gasteiger partial charge in [0, 0.05) is 32.4 Å². The lowest BCUT2D eigenvalue weighted by atomic mass is 9.96. The number of aliphatic hydroxyl groups is 1. The molecular weight excluding hydrogens is 451 g/mol. The molecule has 1 aromatic carbocycles. The molecule has 0 bridgehead atoms. The summed E-state index contributed by atoms with van der Waals surface area (Å²) in [7, 11) is 0. The molecule has 1 unspecified atom stereocenters. The summed E-state index contributed by atoms with van der Waals surface area (Å²) >= 11 is 0. The number of ether oxygens (including phenoxy) is 1. The van der Waals surface area contributed by atoms with Crippen LogP contribution in [-0.4, -0.2) is 75.4 Å². The van der Waals surface area contributed by atoms with Gasteiger partial charge >= 0.3 is 0 Å². The van der Waals surface area contributed by atoms with Crippen LogP contribution in [0, 0.1) is 19.7 Å². The van der Waals surface area contributed by atoms with Crippen molar-refractivity contribution in [2.75, 3.05) is 39.4 Å². The van der Waals surface area contributed by atoms with Gasteiger partial charge in [-0.05, 0) is 43.2 Å². The van der Waals surface area contributed by atoms with Crippen LogP contribution >= 0.6 is 0 Å². The third-order valence-corrected chi connectivity index (χ3v) is 6.73. The highest BCUT2D eigenvalue weighted by Crippen LogP contribution is 2.40. The number of likely N-dealkylation sites (tertiary alicyclic amines) is 1. The number of amides is 1. The van der Waals surface area contributed by atoms with E-state index in [1.807, 2.05) is 19.1 Å². The Labute approximate surface area is 202 Å². The number of morpholine rings is 1. The van der Waals surface area contributed by atoms with Gasteiger partial charge in [-0.25, -0.2) is 9.37 Å². The predicted octanol–water partition coefficient (Wildman–Crippen LogP) is 2.84. The predicted molar refractivity (Wildman–Crippen MR) is 127 cm³/mol. The smallest absolute Gasteiger partial charge is 0.295 e. The molecule has 35 heavy (non-hydrogen) atoms. The van der Waals surface area contributed by atoms with Crippen LogP contribution < -0.4 is 0 Å². The van der Waals surface area contributed by atoms with Crippen molar-refractivity contribution in [3.05, 3.63) is 76.5 Å². The minimum absolute atomic E-state index is 0.0185. The summed E-state index contributed by atoms with van der Waals surface area (Å²) in [5.74, 6) is -2.16. The first-order chi connectivity index (χ1) is 16.9. The van der Waals surface area contributed by atoms with E-state index in [0.29, 0.717) is 42.4 Å². The molecule has 9 heteroatoms. The van der Waals surface area contributed by atoms with Gasteiger partial charge in [-0.2, -0.15) is 0 Å². The summed E-state index contributed by atoms with van der Waals surface area (Å²) in [5, 5.41) is 11.5. The van der Waals surface area contributed by atoms with Gasteiger partial charge in [-0.15, -0.1) is 0 Å². The van der Waals surface area contributed by atoms with E-state index in [-0.39, 0.29) is 17.9 Å². The number of ketones is 1. The van der Waals surface area contributed by atoms with E-state index in [1.165, 1.54) is 17.0 Å². The standard InChI is InChI=1S/C26H27FN4O4/c1-16-4-3-9-30-21(17(2)28-25(16)30)23(32)20-22(18-5-7-19(27)8-6-18)31(26(34)24(20)33)11-10-29-12-14-35-15-13-29/h3-9,22,32H,10-15H2,1-2H3/b23-20-. The molecule has 182 valence electrons. The maximum Gasteiger partial charge on any atom is 0.295 e. The van der Waals surface area contributed by atoms with Crippen molar-refractivity contribution in [1.29, 1.82) is 0 Å². The molecule has 3 aromatic rings. The Morgan fingerprint density at radius 2 is 1.83 bits per heavy atom. The first-order valence-electron chi connectivity index (χ1n) is 11.7. The molecule has 5 rings (SSSR count). The number of hydrogen-bond acceptors (Lipinski definition) is 6. The van der Waals surface area contributed by atoms with Gasteiger partial charge in [0.05, 0.1) is 30.5 Å². The number of aromatic nitrogens is 2. The molecule has 2 fully saturated rings. The van der Waals surface area contributed by atoms with Gasteiger partial charge in [0.25, 0.3) is 11.7 Å². The molecule has 2 aliphatic rings. The second-order valence-corrected chi connectivity index (χ2v) is 8.93. The number of benzene rings is 1. The maximum absolute atomic E-state index is 13.7. The summed E-state index contributed by atoms with van der Waals surface area (Å²) in [6.07, 6.45) is 1.76. The van der Waals surface area contributed by atoms with E-state index < -0.39 is 23.5 Å². The number of hydrogen-bond donors (Lipinski definition) is 1. The number of carbonyl (C=O) groups is 2. The lowest BCUT2D eigenvalue weighted by molar-refractivity contribution is -0.140. The molecule has 0 radical (unpaired) electrons. The Kier molecular flexibility index (Phi) is 6.12. The van der Waals surface area contributed by atoms with Gasteiger partial charge in [0.1, 0.15) is 17.2 Å². The van der Waals surface area contributed by atoms with Crippen molar-refractivity contribution in [1.82, 2.24) is 19.2 Å². The minimum Gasteiger partial charge on any atom is -0.505 e. The molecule has 2 aromatic heterocycles. The van der Waals surface area contributed by atoms with Gasteiger partial charge < -0.3 is 14.7 Å². The molecule has 2 saturated heterocycles. The fourth-order valence-electron chi connectivity index (χ4n) is 4.91. The van der Waals surface area contributed by atoms with Crippen molar-refractivity contribution in [3.8, 4) is 0 Å². The quantitative estimate of drug-likeness (QED) is 0.345. The van der Waals surface area contributed by atoms with E-state index in [2.05, 4.69) is 9.88 Å². The SMILES string of the molecule is Cc1nc2c(C)cccn2c1/C(O)=C1/C(=O)C(=O)N(CCN2CCOCC2)C1c1ccc(F)cc1. The van der Waals surface area contributed by atoms with Crippen molar-refractivity contribution in [3.63, 3.8) is 0 Å². The van der Waals surface area contributed by atoms with Crippen LogP contribution in [0.25, 0.3) is 11.4 Å². The summed E-state index contributed by atoms with van der Waals surface area (Å²) < 4.78 is 20.8. The average Bonchev–Trinajstić information content (AvgIpc) is 3.33. The highest BCUT2D eigenvalue weighted by Gasteiger charge is 2.46. The van der Waals surface area contributed by atoms with Gasteiger partial charge in [0.15, 0.2) is 5.76 Å². The number of pyridine rings is 1. The number of aliphatic hydroxyl groups excluding tert-OH is 1. The van der Waals surface area contributed by atoms with Gasteiger partial charge in [0.2, 0.25) is 0 Å². The number of aryl methyl sites for hydroxylation is 2. The highest BCUT2D eigenvalue weighted by atomic mass is 19.1. The second kappa shape index (κ2) is 9.24. The van der Waals surface area contributed by atoms with Gasteiger partial charge in [-0.1, -0.05) is 18.2 Å². The van der Waals surface area contributed by atoms with E-state index in [4.69, 9.17) is 4.74 Å². The number of nitrogens with zero attached hydrogens (tertiary/aromatic N) is 4. The van der Waals surface area contributed by atoms with Crippen LogP contribution in [0.15, 0.2) is 48.2 Å².